The lowest BCUT2D eigenvalue weighted by Crippen LogP contribution is -2.22. The van der Waals surface area contributed by atoms with Crippen molar-refractivity contribution in [3.05, 3.63) is 82.5 Å². The van der Waals surface area contributed by atoms with Gasteiger partial charge in [-0.15, -0.1) is 11.8 Å². The van der Waals surface area contributed by atoms with Crippen molar-refractivity contribution in [3.8, 4) is 5.75 Å². The Morgan fingerprint density at radius 1 is 1.16 bits per heavy atom. The van der Waals surface area contributed by atoms with Gasteiger partial charge < -0.3 is 10.1 Å². The highest BCUT2D eigenvalue weighted by Crippen LogP contribution is 2.29. The van der Waals surface area contributed by atoms with E-state index in [1.165, 1.54) is 22.3 Å². The average molecular weight is 450 g/mol. The zero-order valence-corrected chi connectivity index (χ0v) is 18.8. The third-order valence-corrected chi connectivity index (χ3v) is 5.95. The number of nitrogens with one attached hydrogen (secondary N) is 1. The predicted octanol–water partition coefficient (Wildman–Crippen LogP) is 4.03. The monoisotopic (exact) mass is 449 g/mol. The van der Waals surface area contributed by atoms with Crippen LogP contribution >= 0.6 is 11.8 Å². The smallest absolute Gasteiger partial charge is 0.274 e. The van der Waals surface area contributed by atoms with Crippen LogP contribution in [-0.4, -0.2) is 32.2 Å². The van der Waals surface area contributed by atoms with Crippen molar-refractivity contribution in [1.82, 2.24) is 19.2 Å². The normalized spacial score (nSPS) is 11.1. The Kier molecular flexibility index (Phi) is 6.27. The molecule has 9 heteroatoms. The molecular formula is C23H23N5O3S. The van der Waals surface area contributed by atoms with Crippen molar-refractivity contribution in [2.45, 2.75) is 30.5 Å². The van der Waals surface area contributed by atoms with E-state index in [1.54, 1.807) is 42.4 Å². The second kappa shape index (κ2) is 9.27. The van der Waals surface area contributed by atoms with E-state index in [0.717, 1.165) is 4.90 Å². The molecule has 1 N–H and O–H groups in total. The van der Waals surface area contributed by atoms with Crippen molar-refractivity contribution in [2.75, 3.05) is 12.4 Å². The topological polar surface area (TPSA) is 90.5 Å². The first kappa shape index (κ1) is 21.6. The van der Waals surface area contributed by atoms with Crippen LogP contribution in [0.1, 0.15) is 35.9 Å². The van der Waals surface area contributed by atoms with E-state index < -0.39 is 0 Å². The van der Waals surface area contributed by atoms with Crippen LogP contribution < -0.4 is 15.6 Å². The predicted molar refractivity (Wildman–Crippen MR) is 125 cm³/mol. The highest BCUT2D eigenvalue weighted by Gasteiger charge is 2.13. The van der Waals surface area contributed by atoms with Gasteiger partial charge in [-0.2, -0.15) is 9.50 Å². The van der Waals surface area contributed by atoms with Gasteiger partial charge in [0, 0.05) is 28.3 Å². The number of nitrogens with zero attached hydrogens (tertiary/aromatic N) is 4. The molecule has 2 aromatic heterocycles. The van der Waals surface area contributed by atoms with Crippen LogP contribution in [0, 0.1) is 0 Å². The van der Waals surface area contributed by atoms with E-state index in [2.05, 4.69) is 15.3 Å². The lowest BCUT2D eigenvalue weighted by Gasteiger charge is -2.11. The number of amides is 1. The summed E-state index contributed by atoms with van der Waals surface area (Å²) in [5, 5.41) is 2.95. The number of carbonyl (C=O) groups excluding carboxylic acids is 1. The van der Waals surface area contributed by atoms with Crippen molar-refractivity contribution in [2.24, 2.45) is 0 Å². The molecule has 4 rings (SSSR count). The average Bonchev–Trinajstić information content (AvgIpc) is 3.23. The minimum absolute atomic E-state index is 0.0981. The number of ether oxygens (including phenoxy) is 1. The molecular weight excluding hydrogens is 426 g/mol. The van der Waals surface area contributed by atoms with E-state index in [0.29, 0.717) is 34.2 Å². The van der Waals surface area contributed by atoms with Gasteiger partial charge in [0.2, 0.25) is 0 Å². The number of hydrogen-bond acceptors (Lipinski definition) is 6. The summed E-state index contributed by atoms with van der Waals surface area (Å²) < 4.78 is 8.37. The highest BCUT2D eigenvalue weighted by atomic mass is 32.2. The Morgan fingerprint density at radius 3 is 2.62 bits per heavy atom. The zero-order chi connectivity index (χ0) is 22.7. The summed E-state index contributed by atoms with van der Waals surface area (Å²) in [7, 11) is 1.58. The number of hydrogen-bond donors (Lipinski definition) is 1. The van der Waals surface area contributed by atoms with Crippen LogP contribution in [0.25, 0.3) is 5.78 Å². The van der Waals surface area contributed by atoms with Crippen molar-refractivity contribution in [3.63, 3.8) is 0 Å². The molecule has 0 radical (unpaired) electrons. The summed E-state index contributed by atoms with van der Waals surface area (Å²) in [6.45, 7) is 3.96. The maximum absolute atomic E-state index is 12.7. The SMILES string of the molecule is COc1ccc(C(=O)Nc2ccccc2SCc2cc(=O)n3c(ncn3C(C)C)n2)cc1. The molecule has 2 heterocycles. The number of carbonyl (C=O) groups is 1. The largest absolute Gasteiger partial charge is 0.497 e. The Balaban J connectivity index is 1.51. The lowest BCUT2D eigenvalue weighted by atomic mass is 10.2. The van der Waals surface area contributed by atoms with E-state index in [9.17, 15) is 9.59 Å². The van der Waals surface area contributed by atoms with Gasteiger partial charge in [-0.05, 0) is 50.2 Å². The molecule has 0 saturated heterocycles. The number of methoxy groups -OCH3 is 1. The highest BCUT2D eigenvalue weighted by molar-refractivity contribution is 7.98. The molecule has 0 atom stereocenters. The number of anilines is 1. The second-order valence-electron chi connectivity index (χ2n) is 7.38. The molecule has 4 aromatic rings. The molecule has 32 heavy (non-hydrogen) atoms. The maximum Gasteiger partial charge on any atom is 0.274 e. The molecule has 2 aromatic carbocycles. The molecule has 0 aliphatic rings. The third-order valence-electron chi connectivity index (χ3n) is 4.85. The number of rotatable bonds is 7. The summed E-state index contributed by atoms with van der Waals surface area (Å²) in [5.74, 6) is 1.33. The van der Waals surface area contributed by atoms with E-state index in [1.807, 2.05) is 38.1 Å². The van der Waals surface area contributed by atoms with Gasteiger partial charge in [-0.3, -0.25) is 14.3 Å². The number of fused-ring (bicyclic) bond motifs is 1. The maximum atomic E-state index is 12.7. The van der Waals surface area contributed by atoms with Crippen LogP contribution in [0.2, 0.25) is 0 Å². The number of benzene rings is 2. The van der Waals surface area contributed by atoms with Crippen LogP contribution in [0.5, 0.6) is 5.75 Å². The molecule has 164 valence electrons. The first-order chi connectivity index (χ1) is 15.5. The molecule has 0 saturated carbocycles. The summed E-state index contributed by atoms with van der Waals surface area (Å²) in [4.78, 5) is 34.9. The number of thioether (sulfide) groups is 1. The zero-order valence-electron chi connectivity index (χ0n) is 18.0. The van der Waals surface area contributed by atoms with Gasteiger partial charge in [-0.25, -0.2) is 4.98 Å². The van der Waals surface area contributed by atoms with Crippen LogP contribution in [-0.2, 0) is 5.75 Å². The van der Waals surface area contributed by atoms with Crippen molar-refractivity contribution >= 4 is 29.1 Å². The molecule has 1 amide bonds. The van der Waals surface area contributed by atoms with E-state index in [4.69, 9.17) is 4.74 Å². The van der Waals surface area contributed by atoms with Gasteiger partial charge in [0.05, 0.1) is 18.5 Å². The molecule has 0 spiro atoms. The van der Waals surface area contributed by atoms with Crippen LogP contribution in [0.15, 0.2) is 70.6 Å². The van der Waals surface area contributed by atoms with Gasteiger partial charge in [0.25, 0.3) is 17.2 Å². The summed E-state index contributed by atoms with van der Waals surface area (Å²) >= 11 is 1.49. The van der Waals surface area contributed by atoms with E-state index >= 15 is 0 Å². The fourth-order valence-corrected chi connectivity index (χ4v) is 4.10. The molecule has 0 aliphatic carbocycles. The van der Waals surface area contributed by atoms with Gasteiger partial charge in [-0.1, -0.05) is 12.1 Å². The minimum atomic E-state index is -0.210. The molecule has 0 bridgehead atoms. The van der Waals surface area contributed by atoms with Crippen LogP contribution in [0.3, 0.4) is 0 Å². The van der Waals surface area contributed by atoms with E-state index in [-0.39, 0.29) is 17.5 Å². The van der Waals surface area contributed by atoms with Gasteiger partial charge in [0.1, 0.15) is 12.1 Å². The summed E-state index contributed by atoms with van der Waals surface area (Å²) in [6, 6.07) is 16.1. The lowest BCUT2D eigenvalue weighted by molar-refractivity contribution is 0.102. The fourth-order valence-electron chi connectivity index (χ4n) is 3.20. The molecule has 0 unspecified atom stereocenters. The van der Waals surface area contributed by atoms with Crippen molar-refractivity contribution in [1.29, 1.82) is 0 Å². The standard InChI is InChI=1S/C23H23N5O3S/c1-15(2)27-14-24-23-25-17(12-21(29)28(23)27)13-32-20-7-5-4-6-19(20)26-22(30)16-8-10-18(31-3)11-9-16/h4-12,14-15H,13H2,1-3H3,(H,26,30). The third kappa shape index (κ3) is 4.52. The molecule has 8 nitrogen and oxygen atoms in total. The summed E-state index contributed by atoms with van der Waals surface area (Å²) in [6.07, 6.45) is 1.62. The molecule has 0 fully saturated rings. The number of para-hydroxylation sites is 1. The quantitative estimate of drug-likeness (QED) is 0.429. The van der Waals surface area contributed by atoms with Crippen molar-refractivity contribution < 1.29 is 9.53 Å². The first-order valence-corrected chi connectivity index (χ1v) is 11.1. The Morgan fingerprint density at radius 2 is 1.91 bits per heavy atom. The first-order valence-electron chi connectivity index (χ1n) is 10.1. The van der Waals surface area contributed by atoms with Gasteiger partial charge in [0.15, 0.2) is 0 Å². The minimum Gasteiger partial charge on any atom is -0.497 e. The van der Waals surface area contributed by atoms with Crippen LogP contribution in [0.4, 0.5) is 5.69 Å². The van der Waals surface area contributed by atoms with Gasteiger partial charge >= 0.3 is 0 Å². The molecule has 0 aliphatic heterocycles. The fraction of sp³-hybridized carbons (Fsp3) is 0.217. The second-order valence-corrected chi connectivity index (χ2v) is 8.40. The Bertz CT molecular complexity index is 1310. The Hall–Kier alpha value is -3.59. The summed E-state index contributed by atoms with van der Waals surface area (Å²) in [5.41, 5.74) is 1.69. The Labute approximate surface area is 189 Å². The number of aromatic nitrogens is 4.